The molecule has 0 unspecified atom stereocenters. The minimum absolute atomic E-state index is 0.103. The first-order chi connectivity index (χ1) is 5.07. The van der Waals surface area contributed by atoms with Crippen molar-refractivity contribution in [1.82, 2.24) is 0 Å². The van der Waals surface area contributed by atoms with Gasteiger partial charge in [-0.1, -0.05) is 0 Å². The third-order valence-corrected chi connectivity index (χ3v) is 1.53. The van der Waals surface area contributed by atoms with Crippen molar-refractivity contribution >= 4 is 0 Å². The van der Waals surface area contributed by atoms with Crippen LogP contribution in [-0.2, 0) is 0 Å². The van der Waals surface area contributed by atoms with Crippen LogP contribution < -0.4 is 0 Å². The van der Waals surface area contributed by atoms with Gasteiger partial charge in [0, 0.05) is 13.0 Å². The molecule has 0 aliphatic rings. The van der Waals surface area contributed by atoms with Crippen LogP contribution in [0.5, 0.6) is 0 Å². The third kappa shape index (κ3) is 5.15. The highest BCUT2D eigenvalue weighted by Gasteiger charge is 2.15. The van der Waals surface area contributed by atoms with Gasteiger partial charge in [0.2, 0.25) is 0 Å². The summed E-state index contributed by atoms with van der Waals surface area (Å²) in [4.78, 5) is 0. The molecule has 4 N–H and O–H groups in total. The van der Waals surface area contributed by atoms with Gasteiger partial charge in [0.1, 0.15) is 0 Å². The first-order valence-electron chi connectivity index (χ1n) is 3.73. The van der Waals surface area contributed by atoms with Crippen LogP contribution in [-0.4, -0.2) is 45.3 Å². The minimum atomic E-state index is -0.906. The average Bonchev–Trinajstić information content (AvgIpc) is 1.87. The SMILES string of the molecule is C[C@@H](O)[C@H](O)C[C@@H](O)CCO. The van der Waals surface area contributed by atoms with E-state index in [0.29, 0.717) is 0 Å². The summed E-state index contributed by atoms with van der Waals surface area (Å²) in [5.74, 6) is 0. The molecule has 0 heterocycles. The Kier molecular flexibility index (Phi) is 5.41. The number of hydrogen-bond donors (Lipinski definition) is 4. The molecule has 0 aliphatic heterocycles. The maximum Gasteiger partial charge on any atom is 0.0821 e. The molecule has 0 saturated carbocycles. The maximum atomic E-state index is 9.04. The molecule has 0 aromatic carbocycles. The Balaban J connectivity index is 3.48. The Morgan fingerprint density at radius 2 is 1.73 bits per heavy atom. The summed E-state index contributed by atoms with van der Waals surface area (Å²) in [7, 11) is 0. The highest BCUT2D eigenvalue weighted by molar-refractivity contribution is 4.67. The zero-order valence-corrected chi connectivity index (χ0v) is 6.64. The van der Waals surface area contributed by atoms with Crippen LogP contribution in [0.25, 0.3) is 0 Å². The van der Waals surface area contributed by atoms with Crippen LogP contribution in [0.2, 0.25) is 0 Å². The number of aliphatic hydroxyl groups is 4. The molecular weight excluding hydrogens is 148 g/mol. The van der Waals surface area contributed by atoms with E-state index >= 15 is 0 Å². The molecule has 0 spiro atoms. The monoisotopic (exact) mass is 164 g/mol. The molecule has 0 amide bonds. The molecule has 4 heteroatoms. The lowest BCUT2D eigenvalue weighted by atomic mass is 10.1. The highest BCUT2D eigenvalue weighted by atomic mass is 16.3. The van der Waals surface area contributed by atoms with Crippen molar-refractivity contribution in [3.8, 4) is 0 Å². The van der Waals surface area contributed by atoms with Crippen molar-refractivity contribution in [2.75, 3.05) is 6.61 Å². The first kappa shape index (κ1) is 10.8. The Hall–Kier alpha value is -0.160. The second kappa shape index (κ2) is 5.49. The second-order valence-corrected chi connectivity index (χ2v) is 2.71. The molecule has 0 aliphatic carbocycles. The molecule has 0 rings (SSSR count). The van der Waals surface area contributed by atoms with E-state index in [1.165, 1.54) is 6.92 Å². The maximum absolute atomic E-state index is 9.04. The smallest absolute Gasteiger partial charge is 0.0821 e. The lowest BCUT2D eigenvalue weighted by molar-refractivity contribution is -0.00758. The molecular formula is C7H16O4. The number of rotatable bonds is 5. The van der Waals surface area contributed by atoms with Gasteiger partial charge in [0.25, 0.3) is 0 Å². The molecule has 11 heavy (non-hydrogen) atoms. The van der Waals surface area contributed by atoms with Crippen LogP contribution >= 0.6 is 0 Å². The first-order valence-corrected chi connectivity index (χ1v) is 3.73. The third-order valence-electron chi connectivity index (χ3n) is 1.53. The van der Waals surface area contributed by atoms with E-state index in [0.717, 1.165) is 0 Å². The fourth-order valence-corrected chi connectivity index (χ4v) is 0.743. The van der Waals surface area contributed by atoms with Gasteiger partial charge in [-0.3, -0.25) is 0 Å². The van der Waals surface area contributed by atoms with Gasteiger partial charge in [0.15, 0.2) is 0 Å². The summed E-state index contributed by atoms with van der Waals surface area (Å²) in [6.07, 6.45) is -2.12. The Bertz CT molecular complexity index is 94.4. The zero-order valence-electron chi connectivity index (χ0n) is 6.64. The predicted octanol–water partition coefficient (Wildman–Crippen LogP) is -1.14. The van der Waals surface area contributed by atoms with Crippen molar-refractivity contribution in [3.63, 3.8) is 0 Å². The van der Waals surface area contributed by atoms with E-state index in [9.17, 15) is 0 Å². The topological polar surface area (TPSA) is 80.9 Å². The molecule has 0 radical (unpaired) electrons. The summed E-state index contributed by atoms with van der Waals surface area (Å²) in [6.45, 7) is 1.35. The molecule has 0 saturated heterocycles. The van der Waals surface area contributed by atoms with Crippen LogP contribution in [0.3, 0.4) is 0 Å². The van der Waals surface area contributed by atoms with E-state index in [1.807, 2.05) is 0 Å². The van der Waals surface area contributed by atoms with Crippen LogP contribution in [0.4, 0.5) is 0 Å². The van der Waals surface area contributed by atoms with E-state index < -0.39 is 18.3 Å². The van der Waals surface area contributed by atoms with Gasteiger partial charge in [0.05, 0.1) is 18.3 Å². The van der Waals surface area contributed by atoms with Crippen molar-refractivity contribution in [2.45, 2.75) is 38.1 Å². The van der Waals surface area contributed by atoms with Crippen molar-refractivity contribution < 1.29 is 20.4 Å². The normalized spacial score (nSPS) is 19.4. The molecule has 0 fully saturated rings. The van der Waals surface area contributed by atoms with Gasteiger partial charge in [-0.25, -0.2) is 0 Å². The minimum Gasteiger partial charge on any atom is -0.396 e. The highest BCUT2D eigenvalue weighted by Crippen LogP contribution is 2.05. The molecule has 0 bridgehead atoms. The molecule has 4 nitrogen and oxygen atoms in total. The van der Waals surface area contributed by atoms with Gasteiger partial charge in [-0.15, -0.1) is 0 Å². The molecule has 0 aromatic heterocycles. The van der Waals surface area contributed by atoms with E-state index in [-0.39, 0.29) is 19.4 Å². The standard InChI is InChI=1S/C7H16O4/c1-5(9)7(11)4-6(10)2-3-8/h5-11H,2-4H2,1H3/t5-,6+,7-/m1/s1. The summed E-state index contributed by atoms with van der Waals surface area (Å²) < 4.78 is 0. The Labute approximate surface area is 66.1 Å². The summed E-state index contributed by atoms with van der Waals surface area (Å²) >= 11 is 0. The second-order valence-electron chi connectivity index (χ2n) is 2.71. The van der Waals surface area contributed by atoms with E-state index in [1.54, 1.807) is 0 Å². The molecule has 68 valence electrons. The average molecular weight is 164 g/mol. The van der Waals surface area contributed by atoms with E-state index in [4.69, 9.17) is 20.4 Å². The van der Waals surface area contributed by atoms with Gasteiger partial charge >= 0.3 is 0 Å². The van der Waals surface area contributed by atoms with Gasteiger partial charge < -0.3 is 20.4 Å². The van der Waals surface area contributed by atoms with Crippen molar-refractivity contribution in [3.05, 3.63) is 0 Å². The van der Waals surface area contributed by atoms with Crippen LogP contribution in [0, 0.1) is 0 Å². The number of hydrogen-bond acceptors (Lipinski definition) is 4. The fourth-order valence-electron chi connectivity index (χ4n) is 0.743. The zero-order chi connectivity index (χ0) is 8.85. The molecule has 0 aromatic rings. The Morgan fingerprint density at radius 3 is 2.09 bits per heavy atom. The van der Waals surface area contributed by atoms with Gasteiger partial charge in [-0.05, 0) is 13.3 Å². The quantitative estimate of drug-likeness (QED) is 0.414. The largest absolute Gasteiger partial charge is 0.396 e. The van der Waals surface area contributed by atoms with Crippen LogP contribution in [0.15, 0.2) is 0 Å². The van der Waals surface area contributed by atoms with Crippen LogP contribution in [0.1, 0.15) is 19.8 Å². The van der Waals surface area contributed by atoms with E-state index in [2.05, 4.69) is 0 Å². The van der Waals surface area contributed by atoms with Crippen molar-refractivity contribution in [1.29, 1.82) is 0 Å². The van der Waals surface area contributed by atoms with Crippen molar-refractivity contribution in [2.24, 2.45) is 0 Å². The molecule has 3 atom stereocenters. The lowest BCUT2D eigenvalue weighted by Crippen LogP contribution is -2.27. The predicted molar refractivity (Wildman–Crippen MR) is 40.0 cm³/mol. The summed E-state index contributed by atoms with van der Waals surface area (Å²) in [5, 5.41) is 35.3. The number of aliphatic hydroxyl groups excluding tert-OH is 4. The summed E-state index contributed by atoms with van der Waals surface area (Å²) in [6, 6.07) is 0. The Morgan fingerprint density at radius 1 is 1.18 bits per heavy atom. The van der Waals surface area contributed by atoms with Gasteiger partial charge in [-0.2, -0.15) is 0 Å². The lowest BCUT2D eigenvalue weighted by Gasteiger charge is -2.16. The fraction of sp³-hybridized carbons (Fsp3) is 1.00. The summed E-state index contributed by atoms with van der Waals surface area (Å²) in [5.41, 5.74) is 0.